The summed E-state index contributed by atoms with van der Waals surface area (Å²) in [7, 11) is 0. The fourth-order valence-corrected chi connectivity index (χ4v) is 3.08. The van der Waals surface area contributed by atoms with Crippen LogP contribution < -0.4 is 0 Å². The maximum absolute atomic E-state index is 11.9. The zero-order valence-corrected chi connectivity index (χ0v) is 15.9. The molecule has 0 atom stereocenters. The van der Waals surface area contributed by atoms with Crippen LogP contribution in [0.3, 0.4) is 0 Å². The van der Waals surface area contributed by atoms with Crippen molar-refractivity contribution in [2.45, 2.75) is 57.8 Å². The first kappa shape index (κ1) is 20.8. The van der Waals surface area contributed by atoms with Crippen molar-refractivity contribution in [1.29, 1.82) is 0 Å². The Morgan fingerprint density at radius 3 is 2.07 bits per heavy atom. The molecule has 27 heavy (non-hydrogen) atoms. The van der Waals surface area contributed by atoms with Crippen LogP contribution in [0.1, 0.15) is 67.3 Å². The molecule has 0 fully saturated rings. The van der Waals surface area contributed by atoms with Gasteiger partial charge in [-0.15, -0.1) is 0 Å². The number of carbonyl (C=O) groups excluding carboxylic acids is 1. The number of aryl methyl sites for hydroxylation is 1. The van der Waals surface area contributed by atoms with Crippen molar-refractivity contribution in [1.82, 2.24) is 0 Å². The lowest BCUT2D eigenvalue weighted by Crippen LogP contribution is -2.06. The van der Waals surface area contributed by atoms with E-state index in [1.807, 2.05) is 0 Å². The lowest BCUT2D eigenvalue weighted by molar-refractivity contribution is 0.0493. The second-order valence-electron chi connectivity index (χ2n) is 6.87. The fraction of sp³-hybridized carbons (Fsp3) is 0.435. The molecule has 2 rings (SSSR count). The van der Waals surface area contributed by atoms with E-state index >= 15 is 0 Å². The van der Waals surface area contributed by atoms with Crippen LogP contribution >= 0.6 is 0 Å². The van der Waals surface area contributed by atoms with Crippen LogP contribution in [0.5, 0.6) is 11.5 Å². The molecule has 0 amide bonds. The minimum atomic E-state index is -0.596. The molecule has 146 valence electrons. The normalized spacial score (nSPS) is 10.7. The number of aromatic hydroxyl groups is 2. The average Bonchev–Trinajstić information content (AvgIpc) is 2.69. The molecule has 2 aromatic rings. The first-order valence-electron chi connectivity index (χ1n) is 9.90. The Morgan fingerprint density at radius 1 is 0.741 bits per heavy atom. The monoisotopic (exact) mass is 370 g/mol. The fourth-order valence-electron chi connectivity index (χ4n) is 3.08. The molecule has 0 bridgehead atoms. The number of esters is 1. The lowest BCUT2D eigenvalue weighted by Gasteiger charge is -2.07. The second-order valence-corrected chi connectivity index (χ2v) is 6.87. The van der Waals surface area contributed by atoms with E-state index in [0.717, 1.165) is 19.3 Å². The first-order chi connectivity index (χ1) is 13.2. The number of benzene rings is 2. The highest BCUT2D eigenvalue weighted by Gasteiger charge is 2.14. The van der Waals surface area contributed by atoms with Gasteiger partial charge in [-0.2, -0.15) is 0 Å². The predicted octanol–water partition coefficient (Wildman–Crippen LogP) is 5.62. The SMILES string of the molecule is O=C(OCCCCCCCCCCc1ccccc1)c1cccc(O)c1O. The summed E-state index contributed by atoms with van der Waals surface area (Å²) in [4.78, 5) is 11.9. The van der Waals surface area contributed by atoms with Crippen LogP contribution in [0, 0.1) is 0 Å². The van der Waals surface area contributed by atoms with Crippen LogP contribution in [0.15, 0.2) is 48.5 Å². The highest BCUT2D eigenvalue weighted by molar-refractivity contribution is 5.93. The maximum Gasteiger partial charge on any atom is 0.342 e. The third-order valence-corrected chi connectivity index (χ3v) is 4.67. The zero-order valence-electron chi connectivity index (χ0n) is 15.9. The minimum absolute atomic E-state index is 0.00510. The summed E-state index contributed by atoms with van der Waals surface area (Å²) in [5.41, 5.74) is 1.43. The van der Waals surface area contributed by atoms with E-state index in [-0.39, 0.29) is 11.3 Å². The number of hydrogen-bond acceptors (Lipinski definition) is 4. The Labute approximate surface area is 161 Å². The Balaban J connectivity index is 1.43. The van der Waals surface area contributed by atoms with Crippen LogP contribution in [-0.4, -0.2) is 22.8 Å². The molecular weight excluding hydrogens is 340 g/mol. The number of para-hydroxylation sites is 1. The molecule has 0 aromatic heterocycles. The van der Waals surface area contributed by atoms with Gasteiger partial charge in [-0.25, -0.2) is 4.79 Å². The van der Waals surface area contributed by atoms with E-state index in [1.165, 1.54) is 62.3 Å². The molecule has 0 aliphatic carbocycles. The lowest BCUT2D eigenvalue weighted by atomic mass is 10.0. The van der Waals surface area contributed by atoms with Crippen molar-refractivity contribution in [2.75, 3.05) is 6.61 Å². The van der Waals surface area contributed by atoms with Gasteiger partial charge in [-0.3, -0.25) is 0 Å². The summed E-state index contributed by atoms with van der Waals surface area (Å²) in [6, 6.07) is 14.9. The number of phenolic OH excluding ortho intramolecular Hbond substituents is 2. The summed E-state index contributed by atoms with van der Waals surface area (Å²) in [6.07, 6.45) is 10.4. The van der Waals surface area contributed by atoms with Crippen molar-refractivity contribution in [3.63, 3.8) is 0 Å². The number of unbranched alkanes of at least 4 members (excludes halogenated alkanes) is 7. The average molecular weight is 370 g/mol. The van der Waals surface area contributed by atoms with Gasteiger partial charge in [0.15, 0.2) is 11.5 Å². The van der Waals surface area contributed by atoms with E-state index in [9.17, 15) is 15.0 Å². The van der Waals surface area contributed by atoms with E-state index in [1.54, 1.807) is 0 Å². The summed E-state index contributed by atoms with van der Waals surface area (Å²) < 4.78 is 5.16. The molecule has 0 aliphatic rings. The number of hydrogen-bond donors (Lipinski definition) is 2. The highest BCUT2D eigenvalue weighted by atomic mass is 16.5. The summed E-state index contributed by atoms with van der Waals surface area (Å²) in [6.45, 7) is 0.338. The van der Waals surface area contributed by atoms with Crippen LogP contribution in [0.25, 0.3) is 0 Å². The molecular formula is C23H30O4. The highest BCUT2D eigenvalue weighted by Crippen LogP contribution is 2.28. The molecule has 4 nitrogen and oxygen atoms in total. The van der Waals surface area contributed by atoms with Crippen molar-refractivity contribution in [3.8, 4) is 11.5 Å². The summed E-state index contributed by atoms with van der Waals surface area (Å²) in [5.74, 6) is -1.33. The molecule has 0 saturated heterocycles. The van der Waals surface area contributed by atoms with Gasteiger partial charge in [0.25, 0.3) is 0 Å². The molecule has 0 saturated carbocycles. The zero-order chi connectivity index (χ0) is 19.3. The third-order valence-electron chi connectivity index (χ3n) is 4.67. The van der Waals surface area contributed by atoms with E-state index in [2.05, 4.69) is 30.3 Å². The number of carbonyl (C=O) groups is 1. The van der Waals surface area contributed by atoms with Gasteiger partial charge < -0.3 is 14.9 Å². The third kappa shape index (κ3) is 7.73. The maximum atomic E-state index is 11.9. The van der Waals surface area contributed by atoms with Gasteiger partial charge in [0.1, 0.15) is 5.56 Å². The molecule has 0 radical (unpaired) electrons. The quantitative estimate of drug-likeness (QED) is 0.289. The molecule has 0 heterocycles. The molecule has 0 aliphatic heterocycles. The molecule has 0 spiro atoms. The Morgan fingerprint density at radius 2 is 1.37 bits per heavy atom. The minimum Gasteiger partial charge on any atom is -0.504 e. The standard InChI is InChI=1S/C23H30O4/c24-21-17-12-16-20(22(21)25)23(26)27-18-11-6-4-2-1-3-5-8-13-19-14-9-7-10-15-19/h7,9-10,12,14-17,24-25H,1-6,8,11,13,18H2. The van der Waals surface area contributed by atoms with Crippen molar-refractivity contribution in [3.05, 3.63) is 59.7 Å². The van der Waals surface area contributed by atoms with Crippen molar-refractivity contribution in [2.24, 2.45) is 0 Å². The Hall–Kier alpha value is -2.49. The first-order valence-corrected chi connectivity index (χ1v) is 9.90. The topological polar surface area (TPSA) is 66.8 Å². The summed E-state index contributed by atoms with van der Waals surface area (Å²) in [5, 5.41) is 19.0. The van der Waals surface area contributed by atoms with E-state index in [4.69, 9.17) is 4.74 Å². The number of ether oxygens (including phenoxy) is 1. The van der Waals surface area contributed by atoms with Gasteiger partial charge in [0.2, 0.25) is 0 Å². The molecule has 4 heteroatoms. The van der Waals surface area contributed by atoms with Gasteiger partial charge >= 0.3 is 5.97 Å². The Bertz CT molecular complexity index is 682. The smallest absolute Gasteiger partial charge is 0.342 e. The van der Waals surface area contributed by atoms with E-state index in [0.29, 0.717) is 6.61 Å². The van der Waals surface area contributed by atoms with Gasteiger partial charge in [-0.1, -0.05) is 74.9 Å². The van der Waals surface area contributed by atoms with Crippen LogP contribution in [0.4, 0.5) is 0 Å². The van der Waals surface area contributed by atoms with E-state index < -0.39 is 11.7 Å². The molecule has 2 aromatic carbocycles. The largest absolute Gasteiger partial charge is 0.504 e. The van der Waals surface area contributed by atoms with Gasteiger partial charge in [-0.05, 0) is 37.0 Å². The number of rotatable bonds is 12. The predicted molar refractivity (Wildman–Crippen MR) is 107 cm³/mol. The molecule has 2 N–H and O–H groups in total. The second kappa shape index (κ2) is 12.0. The van der Waals surface area contributed by atoms with Gasteiger partial charge in [0, 0.05) is 0 Å². The van der Waals surface area contributed by atoms with Crippen LogP contribution in [-0.2, 0) is 11.2 Å². The van der Waals surface area contributed by atoms with Crippen molar-refractivity contribution < 1.29 is 19.7 Å². The van der Waals surface area contributed by atoms with Crippen LogP contribution in [0.2, 0.25) is 0 Å². The number of phenols is 2. The Kier molecular flexibility index (Phi) is 9.25. The van der Waals surface area contributed by atoms with Gasteiger partial charge in [0.05, 0.1) is 6.61 Å². The summed E-state index contributed by atoms with van der Waals surface area (Å²) >= 11 is 0. The molecule has 0 unspecified atom stereocenters. The van der Waals surface area contributed by atoms with Crippen molar-refractivity contribution >= 4 is 5.97 Å².